The normalized spacial score (nSPS) is 26.8. The van der Waals surface area contributed by atoms with Gasteiger partial charge in [0.25, 0.3) is 0 Å². The Morgan fingerprint density at radius 3 is 1.05 bits per heavy atom. The van der Waals surface area contributed by atoms with Gasteiger partial charge in [0.15, 0.2) is 0 Å². The molecule has 7 N–H and O–H groups in total. The van der Waals surface area contributed by atoms with E-state index in [4.69, 9.17) is 0 Å². The molecule has 0 aliphatic heterocycles. The second-order valence-electron chi connectivity index (χ2n) is 38.2. The molecule has 7 aliphatic rings. The van der Waals surface area contributed by atoms with Crippen LogP contribution in [0.5, 0.6) is 0 Å². The van der Waals surface area contributed by atoms with Crippen LogP contribution in [0.4, 0.5) is 0 Å². The fourth-order valence-electron chi connectivity index (χ4n) is 17.8. The average molecular weight is 1550 g/mol. The van der Waals surface area contributed by atoms with E-state index in [-0.39, 0.29) is 42.7 Å². The summed E-state index contributed by atoms with van der Waals surface area (Å²) in [5.41, 5.74) is 14.3. The van der Waals surface area contributed by atoms with Gasteiger partial charge in [-0.15, -0.1) is 0 Å². The van der Waals surface area contributed by atoms with Crippen LogP contribution < -0.4 is 0 Å². The molecule has 16 atom stereocenters. The van der Waals surface area contributed by atoms with E-state index in [9.17, 15) is 35.7 Å². The zero-order valence-electron chi connectivity index (χ0n) is 77.0. The van der Waals surface area contributed by atoms with Crippen molar-refractivity contribution in [2.45, 2.75) is 483 Å². The summed E-state index contributed by atoms with van der Waals surface area (Å²) < 4.78 is 0. The van der Waals surface area contributed by atoms with Crippen molar-refractivity contribution in [1.82, 2.24) is 0 Å². The Labute approximate surface area is 690 Å². The molecule has 0 spiro atoms. The van der Waals surface area contributed by atoms with E-state index in [2.05, 4.69) is 181 Å². The minimum Gasteiger partial charge on any atom is -0.393 e. The molecule has 7 nitrogen and oxygen atoms in total. The Balaban J connectivity index is 0.000000651. The largest absolute Gasteiger partial charge is 0.393 e. The first-order valence-corrected chi connectivity index (χ1v) is 47.2. The standard InChI is InChI=1S/C20H34O.C16H32O.C16H28O.C15H26O.C14H26O.C12H22O.C11H20O/c1-16(2)8-5-9-17(3)10-6-11-18(4)14-15-19-12-7-13-20(19)21;2*1-4-13(2)7-5-8-14(3)11-12-15-9-6-10-16(15)17;1-12(2)6-4-7-13(3)10-11-14-8-5-9-15(14)16;1-3-4-5-6-7-8-13-9-12(2)10-14(15)11-13;1-3-4-5-6-11-7-10(2)8-12(13)9-11;1-8(2)4-10-5-9(3)6-11(12)7-10/h8,10,14,19-21H,5-7,9,11-13,15H2,1-4H3;13-17H,4-12H2,1-3H3;7,11,15-17H,4-6,8-10,12H2,1-3H3;6,10,14-16H,4-5,7-9,11H2,1-3H3;10,13-15H,3-9,11H2,1-2H3;8,11-13H,3-7,9H2,1-2H3;6,8,10-12H,4-5,7H2,1-3H3/b17-10+,18-14+;;13-7+,14-11+;13-10+;;;. The second-order valence-corrected chi connectivity index (χ2v) is 38.2. The predicted octanol–water partition coefficient (Wildman–Crippen LogP) is 29.7. The van der Waals surface area contributed by atoms with Gasteiger partial charge in [-0.3, -0.25) is 0 Å². The lowest BCUT2D eigenvalue weighted by atomic mass is 9.83. The maximum Gasteiger partial charge on any atom is 0.0726 e. The molecule has 7 aliphatic carbocycles. The molecule has 0 aromatic carbocycles. The van der Waals surface area contributed by atoms with Crippen LogP contribution in [-0.2, 0) is 0 Å². The lowest BCUT2D eigenvalue weighted by Crippen LogP contribution is -2.18. The fraction of sp³-hybridized carbons (Fsp3) is 0.808. The van der Waals surface area contributed by atoms with E-state index < -0.39 is 0 Å². The molecule has 0 bridgehead atoms. The average Bonchev–Trinajstić information content (AvgIpc) is 1.88. The molecule has 111 heavy (non-hydrogen) atoms. The lowest BCUT2D eigenvalue weighted by molar-refractivity contribution is 0.123. The van der Waals surface area contributed by atoms with Gasteiger partial charge in [-0.1, -0.05) is 294 Å². The Bertz CT molecular complexity index is 2630. The van der Waals surface area contributed by atoms with Crippen LogP contribution in [0.15, 0.2) is 116 Å². The molecule has 7 heteroatoms. The summed E-state index contributed by atoms with van der Waals surface area (Å²) in [5.74, 6) is 6.89. The smallest absolute Gasteiger partial charge is 0.0726 e. The van der Waals surface area contributed by atoms with Crippen LogP contribution in [-0.4, -0.2) is 78.5 Å². The van der Waals surface area contributed by atoms with Crippen molar-refractivity contribution in [3.63, 3.8) is 0 Å². The maximum absolute atomic E-state index is 9.83. The van der Waals surface area contributed by atoms with Crippen LogP contribution in [0.25, 0.3) is 0 Å². The first-order valence-electron chi connectivity index (χ1n) is 47.2. The quantitative estimate of drug-likeness (QED) is 0.0240. The number of aliphatic hydroxyl groups is 7. The number of allylic oxidation sites excluding steroid dienone is 17. The molecular weight excluding hydrogens is 1360 g/mol. The molecule has 0 heterocycles. The SMILES string of the molecule is CC(C)=CCC/C(C)=C/CC/C(C)=C/CC1CCCC1O.CC(C)=CCC/C(C)=C/CC1CCCC1O.CC/C(C)=C/CC/C(C)=C/CC1CCCC1O.CC1=CC(O)CC(CC(C)C)C1.CCC(C)CCCC(C)CCC1CCCC1O.CCCCCC1CC(C)=CC(O)C1.CCCCCCCC1CC(C)=CC(O)C1. The van der Waals surface area contributed by atoms with Crippen molar-refractivity contribution in [2.75, 3.05) is 0 Å². The van der Waals surface area contributed by atoms with Gasteiger partial charge in [-0.2, -0.15) is 0 Å². The Morgan fingerprint density at radius 1 is 0.360 bits per heavy atom. The van der Waals surface area contributed by atoms with E-state index in [0.717, 1.165) is 132 Å². The number of unbranched alkanes of at least 4 members (excludes halogenated alkanes) is 6. The summed E-state index contributed by atoms with van der Waals surface area (Å²) in [4.78, 5) is 0. The van der Waals surface area contributed by atoms with Gasteiger partial charge in [0.05, 0.1) is 42.7 Å². The molecular formula is C104H188O7. The molecule has 0 amide bonds. The van der Waals surface area contributed by atoms with Crippen molar-refractivity contribution in [3.05, 3.63) is 116 Å². The molecule has 0 saturated heterocycles. The van der Waals surface area contributed by atoms with Gasteiger partial charge in [-0.05, 0) is 322 Å². The molecule has 0 aromatic rings. The second kappa shape index (κ2) is 66.1. The van der Waals surface area contributed by atoms with Crippen LogP contribution >= 0.6 is 0 Å². The van der Waals surface area contributed by atoms with Crippen molar-refractivity contribution < 1.29 is 35.7 Å². The van der Waals surface area contributed by atoms with E-state index in [1.165, 1.54) is 255 Å². The number of hydrogen-bond donors (Lipinski definition) is 7. The van der Waals surface area contributed by atoms with Gasteiger partial charge in [0, 0.05) is 0 Å². The Kier molecular flexibility index (Phi) is 63.2. The summed E-state index contributed by atoms with van der Waals surface area (Å²) in [7, 11) is 0. The van der Waals surface area contributed by atoms with Gasteiger partial charge in [-0.25, -0.2) is 0 Å². The van der Waals surface area contributed by atoms with Gasteiger partial charge in [0.2, 0.25) is 0 Å². The molecule has 0 radical (unpaired) electrons. The summed E-state index contributed by atoms with van der Waals surface area (Å²) >= 11 is 0. The van der Waals surface area contributed by atoms with Crippen LogP contribution in [0.3, 0.4) is 0 Å². The molecule has 0 aromatic heterocycles. The van der Waals surface area contributed by atoms with Gasteiger partial charge in [0.1, 0.15) is 0 Å². The first-order chi connectivity index (χ1) is 52.9. The van der Waals surface area contributed by atoms with E-state index >= 15 is 0 Å². The number of rotatable bonds is 39. The molecule has 7 rings (SSSR count). The highest BCUT2D eigenvalue weighted by Gasteiger charge is 2.28. The Morgan fingerprint density at radius 2 is 0.694 bits per heavy atom. The number of aliphatic hydroxyl groups excluding tert-OH is 7. The van der Waals surface area contributed by atoms with E-state index in [0.29, 0.717) is 29.6 Å². The maximum atomic E-state index is 9.83. The number of hydrogen-bond acceptors (Lipinski definition) is 7. The van der Waals surface area contributed by atoms with E-state index in [1.54, 1.807) is 0 Å². The zero-order chi connectivity index (χ0) is 82.9. The third-order valence-electron chi connectivity index (χ3n) is 25.4. The highest BCUT2D eigenvalue weighted by Crippen LogP contribution is 2.36. The van der Waals surface area contributed by atoms with Crippen LogP contribution in [0.1, 0.15) is 440 Å². The van der Waals surface area contributed by atoms with Gasteiger partial charge >= 0.3 is 0 Å². The van der Waals surface area contributed by atoms with Crippen molar-refractivity contribution in [3.8, 4) is 0 Å². The van der Waals surface area contributed by atoms with Gasteiger partial charge < -0.3 is 35.7 Å². The predicted molar refractivity (Wildman–Crippen MR) is 488 cm³/mol. The zero-order valence-corrected chi connectivity index (χ0v) is 77.0. The Hall–Kier alpha value is -2.88. The third-order valence-corrected chi connectivity index (χ3v) is 25.4. The molecule has 4 fully saturated rings. The summed E-state index contributed by atoms with van der Waals surface area (Å²) in [5, 5.41) is 67.7. The monoisotopic (exact) mass is 1550 g/mol. The first kappa shape index (κ1) is 106. The molecule has 4 saturated carbocycles. The molecule has 646 valence electrons. The summed E-state index contributed by atoms with van der Waals surface area (Å²) in [6.45, 7) is 44.4. The minimum absolute atomic E-state index is 0.0160. The molecule has 16 unspecified atom stereocenters. The van der Waals surface area contributed by atoms with Crippen molar-refractivity contribution in [1.29, 1.82) is 0 Å². The lowest BCUT2D eigenvalue weighted by Gasteiger charge is -2.25. The summed E-state index contributed by atoms with van der Waals surface area (Å²) in [6.07, 6.45) is 78.5. The van der Waals surface area contributed by atoms with Crippen molar-refractivity contribution >= 4 is 0 Å². The van der Waals surface area contributed by atoms with Crippen molar-refractivity contribution in [2.24, 2.45) is 59.2 Å². The topological polar surface area (TPSA) is 142 Å². The fourth-order valence-corrected chi connectivity index (χ4v) is 17.8. The minimum atomic E-state index is -0.178. The van der Waals surface area contributed by atoms with Crippen LogP contribution in [0.2, 0.25) is 0 Å². The van der Waals surface area contributed by atoms with Crippen LogP contribution in [0, 0.1) is 59.2 Å². The highest BCUT2D eigenvalue weighted by molar-refractivity contribution is 5.11. The third kappa shape index (κ3) is 57.8. The van der Waals surface area contributed by atoms with E-state index in [1.807, 2.05) is 18.2 Å². The highest BCUT2D eigenvalue weighted by atomic mass is 16.3. The summed E-state index contributed by atoms with van der Waals surface area (Å²) in [6, 6.07) is 0.